The molecule has 0 radical (unpaired) electrons. The van der Waals surface area contributed by atoms with Crippen LogP contribution < -0.4 is 10.2 Å². The van der Waals surface area contributed by atoms with E-state index in [4.69, 9.17) is 0 Å². The van der Waals surface area contributed by atoms with Crippen molar-refractivity contribution >= 4 is 17.6 Å². The lowest BCUT2D eigenvalue weighted by molar-refractivity contribution is -0.129. The Balaban J connectivity index is 1.64. The normalized spacial score (nSPS) is 19.0. The summed E-state index contributed by atoms with van der Waals surface area (Å²) in [5, 5.41) is 3.11. The van der Waals surface area contributed by atoms with Crippen LogP contribution in [0.1, 0.15) is 43.0 Å². The van der Waals surface area contributed by atoms with Crippen molar-refractivity contribution in [1.29, 1.82) is 0 Å². The molecule has 0 spiro atoms. The van der Waals surface area contributed by atoms with E-state index in [0.717, 1.165) is 44.6 Å². The Labute approximate surface area is 136 Å². The molecule has 3 rings (SSSR count). The summed E-state index contributed by atoms with van der Waals surface area (Å²) in [4.78, 5) is 32.5. The van der Waals surface area contributed by atoms with Crippen LogP contribution in [0.25, 0.3) is 0 Å². The average Bonchev–Trinajstić information content (AvgIpc) is 3.09. The molecule has 6 heteroatoms. The smallest absolute Gasteiger partial charge is 0.255 e. The van der Waals surface area contributed by atoms with E-state index in [9.17, 15) is 9.59 Å². The summed E-state index contributed by atoms with van der Waals surface area (Å²) in [6.45, 7) is 4.96. The van der Waals surface area contributed by atoms with Gasteiger partial charge in [0.25, 0.3) is 5.91 Å². The molecule has 2 fully saturated rings. The molecule has 0 atom stereocenters. The van der Waals surface area contributed by atoms with Gasteiger partial charge in [-0.05, 0) is 37.8 Å². The van der Waals surface area contributed by atoms with Crippen molar-refractivity contribution in [3.63, 3.8) is 0 Å². The lowest BCUT2D eigenvalue weighted by Gasteiger charge is -2.32. The largest absolute Gasteiger partial charge is 0.356 e. The second-order valence-electron chi connectivity index (χ2n) is 6.32. The second kappa shape index (κ2) is 6.98. The Hall–Kier alpha value is -2.11. The lowest BCUT2D eigenvalue weighted by Crippen LogP contribution is -2.46. The van der Waals surface area contributed by atoms with Crippen LogP contribution in [0.3, 0.4) is 0 Å². The summed E-state index contributed by atoms with van der Waals surface area (Å²) < 4.78 is 0. The van der Waals surface area contributed by atoms with E-state index in [0.29, 0.717) is 18.7 Å². The van der Waals surface area contributed by atoms with Crippen molar-refractivity contribution < 1.29 is 9.59 Å². The zero-order valence-electron chi connectivity index (χ0n) is 13.6. The fourth-order valence-electron chi connectivity index (χ4n) is 3.36. The van der Waals surface area contributed by atoms with Crippen LogP contribution in [-0.2, 0) is 4.79 Å². The minimum Gasteiger partial charge on any atom is -0.356 e. The van der Waals surface area contributed by atoms with E-state index in [1.807, 2.05) is 17.0 Å². The van der Waals surface area contributed by atoms with Crippen LogP contribution in [0.15, 0.2) is 18.3 Å². The minimum atomic E-state index is -0.0544. The van der Waals surface area contributed by atoms with E-state index in [2.05, 4.69) is 15.2 Å². The van der Waals surface area contributed by atoms with E-state index in [1.165, 1.54) is 0 Å². The summed E-state index contributed by atoms with van der Waals surface area (Å²) in [6, 6.07) is 3.79. The number of rotatable bonds is 3. The Bertz CT molecular complexity index is 576. The van der Waals surface area contributed by atoms with Gasteiger partial charge in [-0.2, -0.15) is 0 Å². The van der Waals surface area contributed by atoms with E-state index < -0.39 is 0 Å². The van der Waals surface area contributed by atoms with Gasteiger partial charge in [0.1, 0.15) is 5.82 Å². The highest BCUT2D eigenvalue weighted by Crippen LogP contribution is 2.22. The topological polar surface area (TPSA) is 65.5 Å². The van der Waals surface area contributed by atoms with Crippen LogP contribution in [0.2, 0.25) is 0 Å². The van der Waals surface area contributed by atoms with Gasteiger partial charge >= 0.3 is 0 Å². The molecule has 2 amide bonds. The summed E-state index contributed by atoms with van der Waals surface area (Å²) in [5.74, 6) is 0.850. The zero-order valence-corrected chi connectivity index (χ0v) is 13.6. The number of carbonyl (C=O) groups is 2. The van der Waals surface area contributed by atoms with Crippen molar-refractivity contribution in [3.05, 3.63) is 23.9 Å². The van der Waals surface area contributed by atoms with Gasteiger partial charge in [0.2, 0.25) is 5.91 Å². The van der Waals surface area contributed by atoms with Crippen LogP contribution in [0, 0.1) is 0 Å². The predicted octanol–water partition coefficient (Wildman–Crippen LogP) is 1.42. The Kier molecular flexibility index (Phi) is 4.79. The minimum absolute atomic E-state index is 0.0544. The van der Waals surface area contributed by atoms with Crippen LogP contribution in [0.5, 0.6) is 0 Å². The van der Waals surface area contributed by atoms with Gasteiger partial charge in [0.15, 0.2) is 0 Å². The monoisotopic (exact) mass is 316 g/mol. The second-order valence-corrected chi connectivity index (χ2v) is 6.32. The third-order valence-corrected chi connectivity index (χ3v) is 4.71. The van der Waals surface area contributed by atoms with Crippen LogP contribution in [0.4, 0.5) is 5.82 Å². The summed E-state index contributed by atoms with van der Waals surface area (Å²) in [6.07, 6.45) is 5.67. The highest BCUT2D eigenvalue weighted by molar-refractivity contribution is 5.99. The van der Waals surface area contributed by atoms with Crippen LogP contribution in [-0.4, -0.2) is 53.9 Å². The molecule has 1 aromatic heterocycles. The molecule has 6 nitrogen and oxygen atoms in total. The van der Waals surface area contributed by atoms with E-state index in [-0.39, 0.29) is 17.9 Å². The molecule has 2 saturated heterocycles. The molecule has 0 aliphatic carbocycles. The number of piperidine rings is 1. The number of likely N-dealkylation sites (tertiary alicyclic amines) is 1. The van der Waals surface area contributed by atoms with Gasteiger partial charge in [-0.1, -0.05) is 0 Å². The third-order valence-electron chi connectivity index (χ3n) is 4.71. The summed E-state index contributed by atoms with van der Waals surface area (Å²) >= 11 is 0. The van der Waals surface area contributed by atoms with Crippen molar-refractivity contribution in [2.45, 2.75) is 38.6 Å². The molecule has 23 heavy (non-hydrogen) atoms. The number of nitrogens with zero attached hydrogens (tertiary/aromatic N) is 3. The lowest BCUT2D eigenvalue weighted by atomic mass is 10.0. The first-order chi connectivity index (χ1) is 11.1. The Morgan fingerprint density at radius 1 is 1.17 bits per heavy atom. The highest BCUT2D eigenvalue weighted by atomic mass is 16.2. The first-order valence-electron chi connectivity index (χ1n) is 8.41. The first kappa shape index (κ1) is 15.8. The predicted molar refractivity (Wildman–Crippen MR) is 88.4 cm³/mol. The fraction of sp³-hybridized carbons (Fsp3) is 0.588. The van der Waals surface area contributed by atoms with Crippen LogP contribution >= 0.6 is 0 Å². The Morgan fingerprint density at radius 3 is 2.52 bits per heavy atom. The SMILES string of the molecule is CC(=O)N1CCC(NC(=O)c2cccnc2N2CCCC2)CC1. The molecule has 0 unspecified atom stereocenters. The van der Waals surface area contributed by atoms with Crippen molar-refractivity contribution in [1.82, 2.24) is 15.2 Å². The molecular formula is C17H24N4O2. The van der Waals surface area contributed by atoms with Gasteiger partial charge < -0.3 is 15.1 Å². The summed E-state index contributed by atoms with van der Waals surface area (Å²) in [7, 11) is 0. The van der Waals surface area contributed by atoms with Gasteiger partial charge in [0.05, 0.1) is 5.56 Å². The molecule has 0 bridgehead atoms. The van der Waals surface area contributed by atoms with Gasteiger partial charge in [0, 0.05) is 45.3 Å². The van der Waals surface area contributed by atoms with Crippen molar-refractivity contribution in [2.24, 2.45) is 0 Å². The maximum atomic E-state index is 12.6. The quantitative estimate of drug-likeness (QED) is 0.916. The number of aromatic nitrogens is 1. The molecule has 1 N–H and O–H groups in total. The number of hydrogen-bond acceptors (Lipinski definition) is 4. The molecule has 0 saturated carbocycles. The number of hydrogen-bond donors (Lipinski definition) is 1. The molecular weight excluding hydrogens is 292 g/mol. The number of anilines is 1. The molecule has 2 aliphatic rings. The molecule has 0 aromatic carbocycles. The van der Waals surface area contributed by atoms with Crippen molar-refractivity contribution in [2.75, 3.05) is 31.1 Å². The molecule has 124 valence electrons. The van der Waals surface area contributed by atoms with Gasteiger partial charge in [-0.3, -0.25) is 9.59 Å². The van der Waals surface area contributed by atoms with Crippen molar-refractivity contribution in [3.8, 4) is 0 Å². The summed E-state index contributed by atoms with van der Waals surface area (Å²) in [5.41, 5.74) is 0.656. The van der Waals surface area contributed by atoms with Gasteiger partial charge in [-0.15, -0.1) is 0 Å². The Morgan fingerprint density at radius 2 is 1.87 bits per heavy atom. The number of amides is 2. The van der Waals surface area contributed by atoms with E-state index in [1.54, 1.807) is 13.1 Å². The first-order valence-corrected chi connectivity index (χ1v) is 8.41. The van der Waals surface area contributed by atoms with Gasteiger partial charge in [-0.25, -0.2) is 4.98 Å². The van der Waals surface area contributed by atoms with E-state index >= 15 is 0 Å². The molecule has 1 aromatic rings. The number of carbonyl (C=O) groups excluding carboxylic acids is 2. The highest BCUT2D eigenvalue weighted by Gasteiger charge is 2.25. The molecule has 3 heterocycles. The zero-order chi connectivity index (χ0) is 16.2. The average molecular weight is 316 g/mol. The maximum Gasteiger partial charge on any atom is 0.255 e. The molecule has 2 aliphatic heterocycles. The standard InChI is InChI=1S/C17H24N4O2/c1-13(22)20-11-6-14(7-12-20)19-17(23)15-5-4-8-18-16(15)21-9-2-3-10-21/h4-5,8,14H,2-3,6-7,9-12H2,1H3,(H,19,23). The third kappa shape index (κ3) is 3.63. The fourth-order valence-corrected chi connectivity index (χ4v) is 3.36. The number of nitrogens with one attached hydrogen (secondary N) is 1. The number of pyridine rings is 1. The maximum absolute atomic E-state index is 12.6.